The number of likely N-dealkylation sites (tertiary alicyclic amines) is 1. The normalized spacial score (nSPS) is 19.7. The number of rotatable bonds is 2. The van der Waals surface area contributed by atoms with Gasteiger partial charge >= 0.3 is 0 Å². The van der Waals surface area contributed by atoms with Crippen molar-refractivity contribution in [3.63, 3.8) is 0 Å². The van der Waals surface area contributed by atoms with Gasteiger partial charge in [-0.2, -0.15) is 0 Å². The van der Waals surface area contributed by atoms with Gasteiger partial charge in [-0.15, -0.1) is 0 Å². The van der Waals surface area contributed by atoms with Crippen LogP contribution in [-0.2, 0) is 6.54 Å². The predicted octanol–water partition coefficient (Wildman–Crippen LogP) is 1.66. The van der Waals surface area contributed by atoms with E-state index in [9.17, 15) is 0 Å². The van der Waals surface area contributed by atoms with Gasteiger partial charge in [0.1, 0.15) is 6.26 Å². The van der Waals surface area contributed by atoms with Crippen molar-refractivity contribution in [3.05, 3.63) is 18.4 Å². The van der Waals surface area contributed by atoms with E-state index in [-0.39, 0.29) is 0 Å². The van der Waals surface area contributed by atoms with Crippen LogP contribution in [0.4, 0.5) is 0 Å². The molecule has 1 saturated heterocycles. The van der Waals surface area contributed by atoms with Crippen molar-refractivity contribution >= 4 is 0 Å². The highest BCUT2D eigenvalue weighted by molar-refractivity contribution is 4.80. The molecule has 1 aromatic rings. The minimum atomic E-state index is 0.844. The van der Waals surface area contributed by atoms with Gasteiger partial charge in [-0.3, -0.25) is 4.90 Å². The average molecular weight is 166 g/mol. The summed E-state index contributed by atoms with van der Waals surface area (Å²) in [4.78, 5) is 6.50. The Morgan fingerprint density at radius 3 is 2.83 bits per heavy atom. The molecule has 1 aromatic heterocycles. The van der Waals surface area contributed by atoms with Crippen molar-refractivity contribution in [1.82, 2.24) is 9.88 Å². The molecule has 0 N–H and O–H groups in total. The highest BCUT2D eigenvalue weighted by atomic mass is 16.3. The number of hydrogen-bond acceptors (Lipinski definition) is 3. The Balaban J connectivity index is 1.86. The summed E-state index contributed by atoms with van der Waals surface area (Å²) in [6.45, 7) is 3.28. The van der Waals surface area contributed by atoms with Crippen LogP contribution >= 0.6 is 0 Å². The van der Waals surface area contributed by atoms with E-state index in [1.54, 1.807) is 12.5 Å². The topological polar surface area (TPSA) is 29.3 Å². The van der Waals surface area contributed by atoms with Crippen molar-refractivity contribution in [2.24, 2.45) is 0 Å². The van der Waals surface area contributed by atoms with E-state index in [0.717, 1.165) is 12.4 Å². The summed E-state index contributed by atoms with van der Waals surface area (Å²) in [5.74, 6) is 0.844. The Labute approximate surface area is 72.4 Å². The maximum Gasteiger partial charge on any atom is 0.208 e. The second-order valence-electron chi connectivity index (χ2n) is 3.26. The van der Waals surface area contributed by atoms with Crippen LogP contribution in [0, 0.1) is 0 Å². The number of nitrogens with zero attached hydrogens (tertiary/aromatic N) is 2. The van der Waals surface area contributed by atoms with Crippen molar-refractivity contribution < 1.29 is 4.42 Å². The third-order valence-electron chi connectivity index (χ3n) is 2.29. The van der Waals surface area contributed by atoms with Gasteiger partial charge in [0.2, 0.25) is 5.89 Å². The van der Waals surface area contributed by atoms with Crippen LogP contribution in [0.5, 0.6) is 0 Å². The van der Waals surface area contributed by atoms with E-state index < -0.39 is 0 Å². The predicted molar refractivity (Wildman–Crippen MR) is 45.6 cm³/mol. The fraction of sp³-hybridized carbons (Fsp3) is 0.667. The molecule has 2 rings (SSSR count). The van der Waals surface area contributed by atoms with Crippen molar-refractivity contribution in [2.45, 2.75) is 25.8 Å². The molecule has 0 saturated carbocycles. The summed E-state index contributed by atoms with van der Waals surface area (Å²) in [7, 11) is 0. The van der Waals surface area contributed by atoms with E-state index in [4.69, 9.17) is 4.42 Å². The van der Waals surface area contributed by atoms with E-state index in [1.165, 1.54) is 32.4 Å². The van der Waals surface area contributed by atoms with Gasteiger partial charge in [0.05, 0.1) is 12.7 Å². The van der Waals surface area contributed by atoms with E-state index in [2.05, 4.69) is 9.88 Å². The summed E-state index contributed by atoms with van der Waals surface area (Å²) in [5, 5.41) is 0. The van der Waals surface area contributed by atoms with Gasteiger partial charge in [-0.25, -0.2) is 4.98 Å². The molecule has 2 heterocycles. The minimum Gasteiger partial charge on any atom is -0.448 e. The highest BCUT2D eigenvalue weighted by Crippen LogP contribution is 2.11. The molecule has 0 amide bonds. The molecule has 12 heavy (non-hydrogen) atoms. The first-order valence-electron chi connectivity index (χ1n) is 4.56. The number of aromatic nitrogens is 1. The Kier molecular flexibility index (Phi) is 2.42. The molecular formula is C9H14N2O. The maximum atomic E-state index is 5.18. The molecule has 0 aromatic carbocycles. The first-order valence-corrected chi connectivity index (χ1v) is 4.56. The first-order chi connectivity index (χ1) is 5.95. The Morgan fingerprint density at radius 1 is 1.33 bits per heavy atom. The molecule has 0 radical (unpaired) electrons. The van der Waals surface area contributed by atoms with E-state index in [0.29, 0.717) is 0 Å². The fourth-order valence-electron chi connectivity index (χ4n) is 1.64. The van der Waals surface area contributed by atoms with Gasteiger partial charge in [0.15, 0.2) is 0 Å². The molecule has 0 atom stereocenters. The minimum absolute atomic E-state index is 0.844. The van der Waals surface area contributed by atoms with E-state index in [1.807, 2.05) is 0 Å². The average Bonchev–Trinajstić information content (AvgIpc) is 2.59. The van der Waals surface area contributed by atoms with Gasteiger partial charge in [-0.1, -0.05) is 6.42 Å². The second kappa shape index (κ2) is 3.72. The molecule has 0 aliphatic carbocycles. The van der Waals surface area contributed by atoms with Crippen LogP contribution < -0.4 is 0 Å². The molecule has 0 bridgehead atoms. The number of hydrogen-bond donors (Lipinski definition) is 0. The summed E-state index contributed by atoms with van der Waals surface area (Å²) in [6.07, 6.45) is 7.36. The van der Waals surface area contributed by atoms with Gasteiger partial charge < -0.3 is 4.42 Å². The Bertz CT molecular complexity index is 214. The zero-order chi connectivity index (χ0) is 8.23. The van der Waals surface area contributed by atoms with Crippen LogP contribution in [0.25, 0.3) is 0 Å². The zero-order valence-corrected chi connectivity index (χ0v) is 7.20. The lowest BCUT2D eigenvalue weighted by atomic mass is 10.1. The third kappa shape index (κ3) is 1.85. The molecule has 1 fully saturated rings. The molecule has 66 valence electrons. The van der Waals surface area contributed by atoms with Crippen LogP contribution in [0.1, 0.15) is 25.2 Å². The smallest absolute Gasteiger partial charge is 0.208 e. The summed E-state index contributed by atoms with van der Waals surface area (Å²) < 4.78 is 5.18. The quantitative estimate of drug-likeness (QED) is 0.669. The summed E-state index contributed by atoms with van der Waals surface area (Å²) in [5.41, 5.74) is 0. The number of piperidine rings is 1. The van der Waals surface area contributed by atoms with Crippen LogP contribution in [0.2, 0.25) is 0 Å². The molecule has 1 aliphatic rings. The Hall–Kier alpha value is -0.830. The molecule has 1 aliphatic heterocycles. The van der Waals surface area contributed by atoms with Crippen LogP contribution in [0.15, 0.2) is 16.9 Å². The molecule has 0 unspecified atom stereocenters. The largest absolute Gasteiger partial charge is 0.448 e. The highest BCUT2D eigenvalue weighted by Gasteiger charge is 2.11. The van der Waals surface area contributed by atoms with Crippen molar-refractivity contribution in [1.29, 1.82) is 0 Å². The summed E-state index contributed by atoms with van der Waals surface area (Å²) >= 11 is 0. The van der Waals surface area contributed by atoms with Crippen molar-refractivity contribution in [3.8, 4) is 0 Å². The van der Waals surface area contributed by atoms with Gasteiger partial charge in [0.25, 0.3) is 0 Å². The first kappa shape index (κ1) is 7.80. The summed E-state index contributed by atoms with van der Waals surface area (Å²) in [6, 6.07) is 0. The molecule has 0 spiro atoms. The zero-order valence-electron chi connectivity index (χ0n) is 7.20. The van der Waals surface area contributed by atoms with Crippen LogP contribution in [0.3, 0.4) is 0 Å². The lowest BCUT2D eigenvalue weighted by Crippen LogP contribution is -2.29. The van der Waals surface area contributed by atoms with Gasteiger partial charge in [0, 0.05) is 0 Å². The maximum absolute atomic E-state index is 5.18. The van der Waals surface area contributed by atoms with E-state index >= 15 is 0 Å². The number of oxazole rings is 1. The standard InChI is InChI=1S/C9H14N2O/c1-2-5-11(6-3-1)8-9-10-4-7-12-9/h4,7H,1-3,5-6,8H2. The monoisotopic (exact) mass is 166 g/mol. The van der Waals surface area contributed by atoms with Crippen LogP contribution in [-0.4, -0.2) is 23.0 Å². The Morgan fingerprint density at radius 2 is 2.17 bits per heavy atom. The lowest BCUT2D eigenvalue weighted by molar-refractivity contribution is 0.201. The SMILES string of the molecule is c1coc(CN2CCCCC2)n1. The van der Waals surface area contributed by atoms with Gasteiger partial charge in [-0.05, 0) is 25.9 Å². The van der Waals surface area contributed by atoms with Crippen molar-refractivity contribution in [2.75, 3.05) is 13.1 Å². The fourth-order valence-corrected chi connectivity index (χ4v) is 1.64. The molecule has 3 nitrogen and oxygen atoms in total. The second-order valence-corrected chi connectivity index (χ2v) is 3.26. The third-order valence-corrected chi connectivity index (χ3v) is 2.29. The lowest BCUT2D eigenvalue weighted by Gasteiger charge is -2.24. The molecule has 3 heteroatoms. The molecular weight excluding hydrogens is 152 g/mol.